The first-order chi connectivity index (χ1) is 9.04. The van der Waals surface area contributed by atoms with Gasteiger partial charge < -0.3 is 14.6 Å². The zero-order valence-electron chi connectivity index (χ0n) is 11.5. The number of rotatable bonds is 5. The van der Waals surface area contributed by atoms with Crippen molar-refractivity contribution in [3.63, 3.8) is 0 Å². The highest BCUT2D eigenvalue weighted by Gasteiger charge is 2.11. The summed E-state index contributed by atoms with van der Waals surface area (Å²) >= 11 is 0. The fraction of sp³-hybridized carbons (Fsp3) is 0.429. The van der Waals surface area contributed by atoms with Crippen molar-refractivity contribution >= 4 is 0 Å². The summed E-state index contributed by atoms with van der Waals surface area (Å²) in [6.45, 7) is 7.47. The second kappa shape index (κ2) is 5.84. The van der Waals surface area contributed by atoms with Gasteiger partial charge in [0.2, 0.25) is 12.2 Å². The lowest BCUT2D eigenvalue weighted by molar-refractivity contribution is 0.282. The summed E-state index contributed by atoms with van der Waals surface area (Å²) in [5.74, 6) is 1.38. The van der Waals surface area contributed by atoms with E-state index in [1.165, 1.54) is 6.39 Å². The van der Waals surface area contributed by atoms with Crippen molar-refractivity contribution in [3.8, 4) is 5.75 Å². The van der Waals surface area contributed by atoms with Crippen LogP contribution in [0.2, 0.25) is 0 Å². The van der Waals surface area contributed by atoms with E-state index in [0.717, 1.165) is 17.9 Å². The summed E-state index contributed by atoms with van der Waals surface area (Å²) in [4.78, 5) is 3.93. The Morgan fingerprint density at radius 2 is 2.05 bits per heavy atom. The van der Waals surface area contributed by atoms with Gasteiger partial charge in [-0.25, -0.2) is 0 Å². The molecule has 0 saturated heterocycles. The number of hydrogen-bond acceptors (Lipinski definition) is 5. The number of ether oxygens (including phenoxy) is 1. The third-order valence-electron chi connectivity index (χ3n) is 2.55. The van der Waals surface area contributed by atoms with E-state index in [9.17, 15) is 0 Å². The van der Waals surface area contributed by atoms with Gasteiger partial charge in [-0.15, -0.1) is 0 Å². The van der Waals surface area contributed by atoms with Crippen molar-refractivity contribution in [1.82, 2.24) is 15.5 Å². The Hall–Kier alpha value is -1.88. The van der Waals surface area contributed by atoms with Crippen LogP contribution in [-0.2, 0) is 13.2 Å². The predicted octanol–water partition coefficient (Wildman–Crippen LogP) is 2.54. The van der Waals surface area contributed by atoms with Crippen molar-refractivity contribution < 1.29 is 9.26 Å². The molecule has 1 N–H and O–H groups in total. The molecule has 0 spiro atoms. The highest BCUT2D eigenvalue weighted by atomic mass is 16.5. The lowest BCUT2D eigenvalue weighted by Crippen LogP contribution is -2.35. The number of hydrogen-bond donors (Lipinski definition) is 1. The maximum atomic E-state index is 5.72. The number of para-hydroxylation sites is 1. The van der Waals surface area contributed by atoms with Crippen LogP contribution in [0, 0.1) is 0 Å². The molecule has 0 atom stereocenters. The van der Waals surface area contributed by atoms with Crippen LogP contribution >= 0.6 is 0 Å². The molecular formula is C14H19N3O2. The fourth-order valence-corrected chi connectivity index (χ4v) is 1.55. The van der Waals surface area contributed by atoms with Crippen molar-refractivity contribution in [2.45, 2.75) is 39.5 Å². The van der Waals surface area contributed by atoms with Crippen LogP contribution in [0.5, 0.6) is 5.75 Å². The Morgan fingerprint density at radius 1 is 1.26 bits per heavy atom. The molecule has 2 aromatic rings. The topological polar surface area (TPSA) is 60.2 Å². The zero-order valence-corrected chi connectivity index (χ0v) is 11.5. The van der Waals surface area contributed by atoms with Crippen LogP contribution in [-0.4, -0.2) is 15.7 Å². The van der Waals surface area contributed by atoms with E-state index in [-0.39, 0.29) is 5.54 Å². The molecule has 0 bridgehead atoms. The SMILES string of the molecule is CC(C)(C)NCc1ccccc1OCc1ncon1. The quantitative estimate of drug-likeness (QED) is 0.896. The molecule has 1 heterocycles. The molecule has 5 heteroatoms. The first-order valence-electron chi connectivity index (χ1n) is 6.25. The van der Waals surface area contributed by atoms with Crippen molar-refractivity contribution in [2.24, 2.45) is 0 Å². The van der Waals surface area contributed by atoms with Crippen LogP contribution in [0.4, 0.5) is 0 Å². The van der Waals surface area contributed by atoms with Gasteiger partial charge in [0.05, 0.1) is 0 Å². The zero-order chi connectivity index (χ0) is 13.7. The standard InChI is InChI=1S/C14H19N3O2/c1-14(2,3)16-8-11-6-4-5-7-12(11)18-9-13-15-10-19-17-13/h4-7,10,16H,8-9H2,1-3H3. The molecule has 0 radical (unpaired) electrons. The number of aromatic nitrogens is 2. The maximum Gasteiger partial charge on any atom is 0.213 e. The summed E-state index contributed by atoms with van der Waals surface area (Å²) in [7, 11) is 0. The Labute approximate surface area is 113 Å². The number of benzene rings is 1. The van der Waals surface area contributed by atoms with Gasteiger partial charge in [-0.05, 0) is 26.8 Å². The van der Waals surface area contributed by atoms with Crippen LogP contribution < -0.4 is 10.1 Å². The summed E-state index contributed by atoms with van der Waals surface area (Å²) in [5.41, 5.74) is 1.18. The van der Waals surface area contributed by atoms with Gasteiger partial charge in [-0.3, -0.25) is 0 Å². The Morgan fingerprint density at radius 3 is 2.74 bits per heavy atom. The van der Waals surface area contributed by atoms with Gasteiger partial charge in [0.25, 0.3) is 0 Å². The minimum Gasteiger partial charge on any atom is -0.485 e. The van der Waals surface area contributed by atoms with E-state index < -0.39 is 0 Å². The average Bonchev–Trinajstić information content (AvgIpc) is 2.87. The highest BCUT2D eigenvalue weighted by Crippen LogP contribution is 2.19. The predicted molar refractivity (Wildman–Crippen MR) is 71.7 cm³/mol. The van der Waals surface area contributed by atoms with E-state index >= 15 is 0 Å². The Balaban J connectivity index is 1.99. The van der Waals surface area contributed by atoms with Crippen molar-refractivity contribution in [3.05, 3.63) is 42.0 Å². The van der Waals surface area contributed by atoms with E-state index in [0.29, 0.717) is 12.4 Å². The third kappa shape index (κ3) is 4.37. The van der Waals surface area contributed by atoms with Crippen LogP contribution in [0.1, 0.15) is 32.2 Å². The second-order valence-electron chi connectivity index (χ2n) is 5.35. The normalized spacial score (nSPS) is 11.5. The molecule has 102 valence electrons. The molecule has 0 amide bonds. The molecule has 2 rings (SSSR count). The summed E-state index contributed by atoms with van der Waals surface area (Å²) in [6.07, 6.45) is 1.30. The average molecular weight is 261 g/mol. The largest absolute Gasteiger partial charge is 0.485 e. The summed E-state index contributed by atoms with van der Waals surface area (Å²) in [5, 5.41) is 7.16. The van der Waals surface area contributed by atoms with Crippen molar-refractivity contribution in [1.29, 1.82) is 0 Å². The van der Waals surface area contributed by atoms with Crippen LogP contribution in [0.3, 0.4) is 0 Å². The molecule has 0 fully saturated rings. The first kappa shape index (κ1) is 13.5. The lowest BCUT2D eigenvalue weighted by atomic mass is 10.1. The Kier molecular flexibility index (Phi) is 4.16. The van der Waals surface area contributed by atoms with E-state index in [4.69, 9.17) is 4.74 Å². The van der Waals surface area contributed by atoms with Gasteiger partial charge in [-0.2, -0.15) is 4.98 Å². The van der Waals surface area contributed by atoms with Gasteiger partial charge in [0.15, 0.2) is 6.61 Å². The van der Waals surface area contributed by atoms with Gasteiger partial charge >= 0.3 is 0 Å². The van der Waals surface area contributed by atoms with E-state index in [1.807, 2.05) is 24.3 Å². The van der Waals surface area contributed by atoms with Crippen LogP contribution in [0.25, 0.3) is 0 Å². The highest BCUT2D eigenvalue weighted by molar-refractivity contribution is 5.33. The minimum absolute atomic E-state index is 0.0702. The molecule has 19 heavy (non-hydrogen) atoms. The van der Waals surface area contributed by atoms with Gasteiger partial charge in [0.1, 0.15) is 5.75 Å². The second-order valence-corrected chi connectivity index (χ2v) is 5.35. The van der Waals surface area contributed by atoms with Gasteiger partial charge in [-0.1, -0.05) is 23.4 Å². The maximum absolute atomic E-state index is 5.72. The van der Waals surface area contributed by atoms with Gasteiger partial charge in [0, 0.05) is 17.6 Å². The Bertz CT molecular complexity index is 504. The van der Waals surface area contributed by atoms with E-state index in [1.54, 1.807) is 0 Å². The fourth-order valence-electron chi connectivity index (χ4n) is 1.55. The van der Waals surface area contributed by atoms with E-state index in [2.05, 4.69) is 40.8 Å². The molecule has 0 unspecified atom stereocenters. The molecule has 1 aromatic heterocycles. The minimum atomic E-state index is 0.0702. The smallest absolute Gasteiger partial charge is 0.213 e. The number of nitrogens with one attached hydrogen (secondary N) is 1. The molecular weight excluding hydrogens is 242 g/mol. The van der Waals surface area contributed by atoms with Crippen LogP contribution in [0.15, 0.2) is 35.2 Å². The molecule has 0 aliphatic carbocycles. The summed E-state index contributed by atoms with van der Waals surface area (Å²) < 4.78 is 10.4. The molecule has 0 aliphatic rings. The third-order valence-corrected chi connectivity index (χ3v) is 2.55. The molecule has 1 aromatic carbocycles. The lowest BCUT2D eigenvalue weighted by Gasteiger charge is -2.21. The monoisotopic (exact) mass is 261 g/mol. The molecule has 5 nitrogen and oxygen atoms in total. The molecule has 0 aliphatic heterocycles. The first-order valence-corrected chi connectivity index (χ1v) is 6.25. The number of nitrogens with zero attached hydrogens (tertiary/aromatic N) is 2. The van der Waals surface area contributed by atoms with Crippen molar-refractivity contribution in [2.75, 3.05) is 0 Å². The molecule has 0 saturated carbocycles. The summed E-state index contributed by atoms with van der Waals surface area (Å²) in [6, 6.07) is 7.94.